The first-order valence-electron chi connectivity index (χ1n) is 9.32. The van der Waals surface area contributed by atoms with Crippen molar-refractivity contribution in [1.82, 2.24) is 0 Å². The van der Waals surface area contributed by atoms with Crippen LogP contribution in [0.25, 0.3) is 12.2 Å². The summed E-state index contributed by atoms with van der Waals surface area (Å²) in [6.07, 6.45) is 4.15. The number of carbonyl (C=O) groups is 1. The van der Waals surface area contributed by atoms with Gasteiger partial charge < -0.3 is 14.2 Å². The fourth-order valence-corrected chi connectivity index (χ4v) is 2.95. The molecule has 0 saturated heterocycles. The number of ether oxygens (including phenoxy) is 3. The lowest BCUT2D eigenvalue weighted by Crippen LogP contribution is -2.05. The van der Waals surface area contributed by atoms with Crippen LogP contribution < -0.4 is 14.2 Å². The molecular weight excluding hydrogens is 364 g/mol. The molecule has 0 heterocycles. The average molecular weight is 388 g/mol. The molecule has 4 heteroatoms. The minimum atomic E-state index is -0.124. The molecule has 0 unspecified atom stereocenters. The Bertz CT molecular complexity index is 989. The number of Topliss-reactive ketones (excluding diaryl/α,β-unsaturated/α-hetero) is 1. The SMILES string of the molecule is COc1cc(OC)c(C(C)=O)c(OCc2ccc(/C=C/c3ccccc3)cc2)c1. The molecule has 0 radical (unpaired) electrons. The molecule has 0 aromatic heterocycles. The molecule has 3 aromatic rings. The van der Waals surface area contributed by atoms with Crippen LogP contribution in [0, 0.1) is 0 Å². The van der Waals surface area contributed by atoms with E-state index < -0.39 is 0 Å². The fourth-order valence-electron chi connectivity index (χ4n) is 2.95. The Balaban J connectivity index is 1.73. The first kappa shape index (κ1) is 20.2. The van der Waals surface area contributed by atoms with Gasteiger partial charge in [0.2, 0.25) is 0 Å². The highest BCUT2D eigenvalue weighted by Crippen LogP contribution is 2.35. The molecule has 0 aliphatic heterocycles. The van der Waals surface area contributed by atoms with Gasteiger partial charge in [-0.25, -0.2) is 0 Å². The van der Waals surface area contributed by atoms with E-state index in [9.17, 15) is 4.79 Å². The second-order valence-electron chi connectivity index (χ2n) is 6.53. The topological polar surface area (TPSA) is 44.8 Å². The summed E-state index contributed by atoms with van der Waals surface area (Å²) >= 11 is 0. The molecule has 0 fully saturated rings. The number of methoxy groups -OCH3 is 2. The van der Waals surface area contributed by atoms with E-state index in [0.717, 1.165) is 16.7 Å². The lowest BCUT2D eigenvalue weighted by molar-refractivity contribution is 0.101. The number of benzene rings is 3. The summed E-state index contributed by atoms with van der Waals surface area (Å²) in [5.41, 5.74) is 3.67. The van der Waals surface area contributed by atoms with Gasteiger partial charge in [0.25, 0.3) is 0 Å². The van der Waals surface area contributed by atoms with Crippen LogP contribution in [0.5, 0.6) is 17.2 Å². The van der Waals surface area contributed by atoms with E-state index in [0.29, 0.717) is 29.4 Å². The van der Waals surface area contributed by atoms with Crippen molar-refractivity contribution < 1.29 is 19.0 Å². The predicted molar refractivity (Wildman–Crippen MR) is 116 cm³/mol. The molecule has 0 aliphatic carbocycles. The Morgan fingerprint density at radius 2 is 1.45 bits per heavy atom. The largest absolute Gasteiger partial charge is 0.496 e. The van der Waals surface area contributed by atoms with Gasteiger partial charge in [0.15, 0.2) is 5.78 Å². The molecule has 3 rings (SSSR count). The third-order valence-electron chi connectivity index (χ3n) is 4.49. The lowest BCUT2D eigenvalue weighted by Gasteiger charge is -2.15. The average Bonchev–Trinajstić information content (AvgIpc) is 2.76. The first-order valence-corrected chi connectivity index (χ1v) is 9.32. The van der Waals surface area contributed by atoms with Gasteiger partial charge in [-0.05, 0) is 23.6 Å². The van der Waals surface area contributed by atoms with Crippen molar-refractivity contribution in [3.63, 3.8) is 0 Å². The minimum Gasteiger partial charge on any atom is -0.496 e. The Kier molecular flexibility index (Phi) is 6.69. The van der Waals surface area contributed by atoms with Crippen LogP contribution in [-0.2, 0) is 6.61 Å². The zero-order valence-electron chi connectivity index (χ0n) is 16.8. The van der Waals surface area contributed by atoms with Crippen LogP contribution in [0.4, 0.5) is 0 Å². The van der Waals surface area contributed by atoms with E-state index >= 15 is 0 Å². The van der Waals surface area contributed by atoms with Crippen LogP contribution in [0.2, 0.25) is 0 Å². The smallest absolute Gasteiger partial charge is 0.167 e. The van der Waals surface area contributed by atoms with E-state index in [1.807, 2.05) is 42.5 Å². The molecular formula is C25H24O4. The van der Waals surface area contributed by atoms with E-state index in [1.54, 1.807) is 19.2 Å². The van der Waals surface area contributed by atoms with Crippen molar-refractivity contribution in [2.45, 2.75) is 13.5 Å². The van der Waals surface area contributed by atoms with Crippen LogP contribution in [-0.4, -0.2) is 20.0 Å². The number of ketones is 1. The Labute approximate surface area is 171 Å². The third-order valence-corrected chi connectivity index (χ3v) is 4.49. The van der Waals surface area contributed by atoms with Gasteiger partial charge in [-0.3, -0.25) is 4.79 Å². The summed E-state index contributed by atoms with van der Waals surface area (Å²) in [4.78, 5) is 12.1. The predicted octanol–water partition coefficient (Wildman–Crippen LogP) is 5.66. The Morgan fingerprint density at radius 1 is 0.828 bits per heavy atom. The van der Waals surface area contributed by atoms with Crippen LogP contribution in [0.3, 0.4) is 0 Å². The third kappa shape index (κ3) is 5.26. The van der Waals surface area contributed by atoms with Gasteiger partial charge in [0, 0.05) is 12.1 Å². The summed E-state index contributed by atoms with van der Waals surface area (Å²) in [6, 6.07) is 21.6. The highest BCUT2D eigenvalue weighted by Gasteiger charge is 2.17. The van der Waals surface area contributed by atoms with Crippen molar-refractivity contribution in [3.05, 3.63) is 89.0 Å². The van der Waals surface area contributed by atoms with Gasteiger partial charge in [0.05, 0.1) is 14.2 Å². The van der Waals surface area contributed by atoms with E-state index in [-0.39, 0.29) is 5.78 Å². The van der Waals surface area contributed by atoms with Crippen LogP contribution in [0.15, 0.2) is 66.7 Å². The monoisotopic (exact) mass is 388 g/mol. The number of hydrogen-bond donors (Lipinski definition) is 0. The van der Waals surface area contributed by atoms with E-state index in [2.05, 4.69) is 24.3 Å². The van der Waals surface area contributed by atoms with Gasteiger partial charge in [0.1, 0.15) is 29.4 Å². The Morgan fingerprint density at radius 3 is 2.03 bits per heavy atom. The maximum atomic E-state index is 12.1. The second-order valence-corrected chi connectivity index (χ2v) is 6.53. The van der Waals surface area contributed by atoms with Crippen molar-refractivity contribution in [3.8, 4) is 17.2 Å². The summed E-state index contributed by atoms with van der Waals surface area (Å²) in [6.45, 7) is 1.82. The summed E-state index contributed by atoms with van der Waals surface area (Å²) in [5, 5.41) is 0. The molecule has 0 bridgehead atoms. The van der Waals surface area contributed by atoms with E-state index in [1.165, 1.54) is 14.0 Å². The number of carbonyl (C=O) groups excluding carboxylic acids is 1. The maximum absolute atomic E-state index is 12.1. The van der Waals surface area contributed by atoms with Crippen LogP contribution in [0.1, 0.15) is 34.0 Å². The fraction of sp³-hybridized carbons (Fsp3) is 0.160. The van der Waals surface area contributed by atoms with Gasteiger partial charge in [-0.1, -0.05) is 66.7 Å². The number of rotatable bonds is 8. The molecule has 0 saturated carbocycles. The highest BCUT2D eigenvalue weighted by atomic mass is 16.5. The van der Waals surface area contributed by atoms with Gasteiger partial charge in [-0.15, -0.1) is 0 Å². The van der Waals surface area contributed by atoms with Crippen molar-refractivity contribution >= 4 is 17.9 Å². The molecule has 29 heavy (non-hydrogen) atoms. The molecule has 0 N–H and O–H groups in total. The summed E-state index contributed by atoms with van der Waals surface area (Å²) in [7, 11) is 3.08. The normalized spacial score (nSPS) is 10.7. The Hall–Kier alpha value is -3.53. The lowest BCUT2D eigenvalue weighted by atomic mass is 10.1. The zero-order chi connectivity index (χ0) is 20.6. The van der Waals surface area contributed by atoms with Crippen molar-refractivity contribution in [1.29, 1.82) is 0 Å². The molecule has 0 spiro atoms. The molecule has 0 amide bonds. The highest BCUT2D eigenvalue weighted by molar-refractivity contribution is 6.00. The molecule has 4 nitrogen and oxygen atoms in total. The van der Waals surface area contributed by atoms with E-state index in [4.69, 9.17) is 14.2 Å². The molecule has 0 aliphatic rings. The van der Waals surface area contributed by atoms with Gasteiger partial charge >= 0.3 is 0 Å². The zero-order valence-corrected chi connectivity index (χ0v) is 16.8. The van der Waals surface area contributed by atoms with Gasteiger partial charge in [-0.2, -0.15) is 0 Å². The van der Waals surface area contributed by atoms with Crippen LogP contribution >= 0.6 is 0 Å². The molecule has 3 aromatic carbocycles. The summed E-state index contributed by atoms with van der Waals surface area (Å²) in [5.74, 6) is 1.33. The van der Waals surface area contributed by atoms with Crippen molar-refractivity contribution in [2.75, 3.05) is 14.2 Å². The maximum Gasteiger partial charge on any atom is 0.167 e. The quantitative estimate of drug-likeness (QED) is 0.369. The summed E-state index contributed by atoms with van der Waals surface area (Å²) < 4.78 is 16.6. The second kappa shape index (κ2) is 9.60. The first-order chi connectivity index (χ1) is 14.1. The molecule has 148 valence electrons. The number of hydrogen-bond acceptors (Lipinski definition) is 4. The minimum absolute atomic E-state index is 0.124. The standard InChI is InChI=1S/C25H24O4/c1-18(26)25-23(28-3)15-22(27-2)16-24(25)29-17-21-13-11-20(12-14-21)10-9-19-7-5-4-6-8-19/h4-16H,17H2,1-3H3/b10-9+. The van der Waals surface area contributed by atoms with Crippen molar-refractivity contribution in [2.24, 2.45) is 0 Å². The molecule has 0 atom stereocenters.